The lowest BCUT2D eigenvalue weighted by Gasteiger charge is -2.16. The fourth-order valence-corrected chi connectivity index (χ4v) is 2.24. The van der Waals surface area contributed by atoms with Gasteiger partial charge < -0.3 is 10.4 Å². The Balaban J connectivity index is 1.74. The van der Waals surface area contributed by atoms with Crippen LogP contribution in [0.5, 0.6) is 0 Å². The van der Waals surface area contributed by atoms with Gasteiger partial charge in [-0.1, -0.05) is 6.42 Å². The third-order valence-corrected chi connectivity index (χ3v) is 3.64. The number of nitrogens with one attached hydrogen (secondary N) is 1. The second-order valence-electron chi connectivity index (χ2n) is 4.97. The average molecular weight is 210 g/mol. The Hall–Kier alpha value is -0.570. The van der Waals surface area contributed by atoms with Crippen LogP contribution < -0.4 is 5.32 Å². The highest BCUT2D eigenvalue weighted by Gasteiger charge is 2.41. The van der Waals surface area contributed by atoms with E-state index in [0.29, 0.717) is 12.0 Å². The van der Waals surface area contributed by atoms with Crippen molar-refractivity contribution in [3.63, 3.8) is 0 Å². The standard InChI is InChI=1S/C12H22N2O/c15-9-7-12(5-6-12)10-14-11-4-2-1-3-8-13-11/h15H,1-10H2,(H,13,14). The summed E-state index contributed by atoms with van der Waals surface area (Å²) in [5.74, 6) is 1.21. The predicted octanol–water partition coefficient (Wildman–Crippen LogP) is 1.71. The highest BCUT2D eigenvalue weighted by molar-refractivity contribution is 5.82. The van der Waals surface area contributed by atoms with E-state index >= 15 is 0 Å². The molecule has 86 valence electrons. The summed E-state index contributed by atoms with van der Waals surface area (Å²) >= 11 is 0. The lowest BCUT2D eigenvalue weighted by Crippen LogP contribution is -2.30. The zero-order chi connectivity index (χ0) is 10.6. The van der Waals surface area contributed by atoms with Gasteiger partial charge in [0.15, 0.2) is 0 Å². The van der Waals surface area contributed by atoms with Crippen molar-refractivity contribution in [2.45, 2.75) is 44.9 Å². The Morgan fingerprint density at radius 1 is 1.27 bits per heavy atom. The molecule has 2 rings (SSSR count). The van der Waals surface area contributed by atoms with E-state index in [0.717, 1.165) is 25.9 Å². The van der Waals surface area contributed by atoms with E-state index < -0.39 is 0 Å². The molecule has 3 nitrogen and oxygen atoms in total. The fraction of sp³-hybridized carbons (Fsp3) is 0.917. The summed E-state index contributed by atoms with van der Waals surface area (Å²) in [6.45, 7) is 2.34. The molecule has 0 bridgehead atoms. The van der Waals surface area contributed by atoms with Crippen molar-refractivity contribution in [1.82, 2.24) is 5.32 Å². The van der Waals surface area contributed by atoms with Crippen molar-refractivity contribution in [1.29, 1.82) is 0 Å². The molecule has 0 radical (unpaired) electrons. The highest BCUT2D eigenvalue weighted by Crippen LogP contribution is 2.47. The second-order valence-corrected chi connectivity index (χ2v) is 4.97. The third kappa shape index (κ3) is 3.20. The summed E-state index contributed by atoms with van der Waals surface area (Å²) in [7, 11) is 0. The van der Waals surface area contributed by atoms with Gasteiger partial charge in [0, 0.05) is 26.1 Å². The minimum Gasteiger partial charge on any atom is -0.396 e. The molecule has 2 aliphatic rings. The van der Waals surface area contributed by atoms with Gasteiger partial charge in [0.25, 0.3) is 0 Å². The largest absolute Gasteiger partial charge is 0.396 e. The van der Waals surface area contributed by atoms with Crippen molar-refractivity contribution < 1.29 is 5.11 Å². The SMILES string of the molecule is OCCC1(CNC2=NCCCCC2)CC1. The van der Waals surface area contributed by atoms with Crippen molar-refractivity contribution >= 4 is 5.84 Å². The summed E-state index contributed by atoms with van der Waals surface area (Å²) in [6.07, 6.45) is 8.45. The van der Waals surface area contributed by atoms with Gasteiger partial charge in [-0.15, -0.1) is 0 Å². The molecule has 0 aromatic heterocycles. The number of amidine groups is 1. The molecule has 0 aromatic carbocycles. The van der Waals surface area contributed by atoms with Crippen molar-refractivity contribution in [3.8, 4) is 0 Å². The van der Waals surface area contributed by atoms with Crippen LogP contribution in [-0.2, 0) is 0 Å². The van der Waals surface area contributed by atoms with E-state index in [9.17, 15) is 0 Å². The normalized spacial score (nSPS) is 24.2. The Labute approximate surface area is 92.0 Å². The molecule has 2 N–H and O–H groups in total. The van der Waals surface area contributed by atoms with Gasteiger partial charge in [-0.2, -0.15) is 0 Å². The van der Waals surface area contributed by atoms with Crippen LogP contribution in [-0.4, -0.2) is 30.6 Å². The maximum absolute atomic E-state index is 8.97. The van der Waals surface area contributed by atoms with Crippen LogP contribution in [0.15, 0.2) is 4.99 Å². The fourth-order valence-electron chi connectivity index (χ4n) is 2.24. The number of aliphatic hydroxyl groups excluding tert-OH is 1. The maximum Gasteiger partial charge on any atom is 0.0963 e. The molecule has 0 aromatic rings. The van der Waals surface area contributed by atoms with Crippen LogP contribution in [0.4, 0.5) is 0 Å². The van der Waals surface area contributed by atoms with Gasteiger partial charge >= 0.3 is 0 Å². The number of hydrogen-bond donors (Lipinski definition) is 2. The minimum absolute atomic E-state index is 0.328. The number of nitrogens with zero attached hydrogens (tertiary/aromatic N) is 1. The summed E-state index contributed by atoms with van der Waals surface area (Å²) in [4.78, 5) is 4.56. The van der Waals surface area contributed by atoms with Gasteiger partial charge in [-0.05, 0) is 37.5 Å². The van der Waals surface area contributed by atoms with E-state index in [4.69, 9.17) is 5.11 Å². The van der Waals surface area contributed by atoms with Crippen LogP contribution >= 0.6 is 0 Å². The van der Waals surface area contributed by atoms with E-state index in [-0.39, 0.29) is 0 Å². The summed E-state index contributed by atoms with van der Waals surface area (Å²) in [5.41, 5.74) is 0.406. The summed E-state index contributed by atoms with van der Waals surface area (Å²) in [6, 6.07) is 0. The van der Waals surface area contributed by atoms with Crippen LogP contribution in [0.1, 0.15) is 44.9 Å². The Morgan fingerprint density at radius 2 is 2.13 bits per heavy atom. The molecule has 1 fully saturated rings. The molecule has 1 saturated carbocycles. The maximum atomic E-state index is 8.97. The van der Waals surface area contributed by atoms with E-state index in [1.807, 2.05) is 0 Å². The zero-order valence-corrected chi connectivity index (χ0v) is 9.47. The Kier molecular flexibility index (Phi) is 3.62. The summed E-state index contributed by atoms with van der Waals surface area (Å²) in [5, 5.41) is 12.5. The van der Waals surface area contributed by atoms with E-state index in [2.05, 4.69) is 10.3 Å². The van der Waals surface area contributed by atoms with Gasteiger partial charge in [0.1, 0.15) is 0 Å². The molecule has 1 aliphatic carbocycles. The van der Waals surface area contributed by atoms with Crippen LogP contribution in [0, 0.1) is 5.41 Å². The first-order valence-electron chi connectivity index (χ1n) is 6.23. The Bertz CT molecular complexity index is 234. The van der Waals surface area contributed by atoms with E-state index in [1.54, 1.807) is 0 Å². The average Bonchev–Trinajstić information content (AvgIpc) is 3.00. The van der Waals surface area contributed by atoms with E-state index in [1.165, 1.54) is 37.9 Å². The topological polar surface area (TPSA) is 44.6 Å². The smallest absolute Gasteiger partial charge is 0.0963 e. The number of hydrogen-bond acceptors (Lipinski definition) is 3. The first-order chi connectivity index (χ1) is 7.35. The monoisotopic (exact) mass is 210 g/mol. The second kappa shape index (κ2) is 4.97. The molecule has 0 saturated heterocycles. The molecule has 0 unspecified atom stereocenters. The molecular weight excluding hydrogens is 188 g/mol. The van der Waals surface area contributed by atoms with Crippen molar-refractivity contribution in [3.05, 3.63) is 0 Å². The molecule has 0 amide bonds. The molecule has 3 heteroatoms. The first-order valence-corrected chi connectivity index (χ1v) is 6.23. The molecule has 1 heterocycles. The zero-order valence-electron chi connectivity index (χ0n) is 9.47. The van der Waals surface area contributed by atoms with Crippen LogP contribution in [0.25, 0.3) is 0 Å². The van der Waals surface area contributed by atoms with Crippen LogP contribution in [0.2, 0.25) is 0 Å². The number of aliphatic hydroxyl groups is 1. The Morgan fingerprint density at radius 3 is 2.87 bits per heavy atom. The van der Waals surface area contributed by atoms with Gasteiger partial charge in [-0.3, -0.25) is 4.99 Å². The molecule has 15 heavy (non-hydrogen) atoms. The van der Waals surface area contributed by atoms with Crippen LogP contribution in [0.3, 0.4) is 0 Å². The number of aliphatic imine (C=N–C) groups is 1. The lowest BCUT2D eigenvalue weighted by atomic mass is 10.0. The van der Waals surface area contributed by atoms with Gasteiger partial charge in [0.05, 0.1) is 5.84 Å². The summed E-state index contributed by atoms with van der Waals surface area (Å²) < 4.78 is 0. The van der Waals surface area contributed by atoms with Crippen molar-refractivity contribution in [2.75, 3.05) is 19.7 Å². The predicted molar refractivity (Wildman–Crippen MR) is 62.1 cm³/mol. The molecule has 0 spiro atoms. The molecule has 1 aliphatic heterocycles. The molecular formula is C12H22N2O. The lowest BCUT2D eigenvalue weighted by molar-refractivity contribution is 0.248. The molecule has 0 atom stereocenters. The number of rotatable bonds is 4. The third-order valence-electron chi connectivity index (χ3n) is 3.64. The van der Waals surface area contributed by atoms with Crippen molar-refractivity contribution in [2.24, 2.45) is 10.4 Å². The van der Waals surface area contributed by atoms with Gasteiger partial charge in [-0.25, -0.2) is 0 Å². The quantitative estimate of drug-likeness (QED) is 0.742. The minimum atomic E-state index is 0.328. The van der Waals surface area contributed by atoms with Gasteiger partial charge in [0.2, 0.25) is 0 Å². The highest BCUT2D eigenvalue weighted by atomic mass is 16.3. The first kappa shape index (κ1) is 10.9.